The number of hydrogen-bond donors (Lipinski definition) is 1. The van der Waals surface area contributed by atoms with E-state index in [0.29, 0.717) is 26.1 Å². The predicted octanol–water partition coefficient (Wildman–Crippen LogP) is 0.775. The Hall–Kier alpha value is -0.910. The Bertz CT molecular complexity index is 476. The second kappa shape index (κ2) is 4.06. The highest BCUT2D eigenvalue weighted by molar-refractivity contribution is 5.89. The maximum atomic E-state index is 13.1. The number of fused-ring (bicyclic) bond motifs is 2. The molecular weight excluding hydrogens is 256 g/mol. The smallest absolute Gasteiger partial charge is 0.246 e. The number of piperidine rings is 3. The molecular formula is C15H22N2O3. The lowest BCUT2D eigenvalue weighted by Gasteiger charge is -2.66. The number of rotatable bonds is 0. The van der Waals surface area contributed by atoms with E-state index >= 15 is 0 Å². The number of nitrogens with zero attached hydrogens (tertiary/aromatic N) is 2. The van der Waals surface area contributed by atoms with Crippen LogP contribution < -0.4 is 0 Å². The van der Waals surface area contributed by atoms with Gasteiger partial charge >= 0.3 is 0 Å². The summed E-state index contributed by atoms with van der Waals surface area (Å²) in [4.78, 5) is 14.0. The van der Waals surface area contributed by atoms with Gasteiger partial charge < -0.3 is 19.9 Å². The van der Waals surface area contributed by atoms with E-state index < -0.39 is 5.60 Å². The fraction of sp³-hybridized carbons (Fsp3) is 0.800. The van der Waals surface area contributed by atoms with Crippen molar-refractivity contribution in [2.45, 2.75) is 49.8 Å². The number of quaternary nitrogens is 1. The molecule has 3 saturated heterocycles. The maximum Gasteiger partial charge on any atom is 0.246 e. The van der Waals surface area contributed by atoms with Crippen molar-refractivity contribution in [1.29, 1.82) is 0 Å². The number of aliphatic hydroxyl groups is 1. The van der Waals surface area contributed by atoms with E-state index in [1.165, 1.54) is 0 Å². The predicted molar refractivity (Wildman–Crippen MR) is 73.3 cm³/mol. The molecule has 20 heavy (non-hydrogen) atoms. The molecule has 4 aliphatic rings. The fourth-order valence-electron chi connectivity index (χ4n) is 5.29. The van der Waals surface area contributed by atoms with Crippen LogP contribution in [0.2, 0.25) is 0 Å². The van der Waals surface area contributed by atoms with E-state index in [0.717, 1.165) is 25.7 Å². The van der Waals surface area contributed by atoms with Gasteiger partial charge in [-0.15, -0.1) is 0 Å². The first-order valence-electron chi connectivity index (χ1n) is 7.81. The van der Waals surface area contributed by atoms with Crippen LogP contribution in [0.4, 0.5) is 0 Å². The lowest BCUT2D eigenvalue weighted by molar-refractivity contribution is -0.930. The second-order valence-electron chi connectivity index (χ2n) is 7.03. The summed E-state index contributed by atoms with van der Waals surface area (Å²) in [6.07, 6.45) is 7.71. The quantitative estimate of drug-likeness (QED) is 0.526. The van der Waals surface area contributed by atoms with Crippen molar-refractivity contribution in [1.82, 2.24) is 4.90 Å². The first kappa shape index (κ1) is 12.8. The molecule has 0 unspecified atom stereocenters. The Morgan fingerprint density at radius 1 is 1.40 bits per heavy atom. The number of hydroxylamine groups is 3. The fourth-order valence-corrected chi connectivity index (χ4v) is 5.29. The van der Waals surface area contributed by atoms with Gasteiger partial charge in [0, 0.05) is 12.0 Å². The van der Waals surface area contributed by atoms with Crippen LogP contribution in [-0.4, -0.2) is 57.9 Å². The SMILES string of the molecule is O=C1C=CC[C@@H]2[C@H]3CCC[N@+]4([O-])CCC[C@@](O)(CN12)[C@@H]34. The molecule has 4 aliphatic heterocycles. The number of hydrogen-bond acceptors (Lipinski definition) is 3. The molecule has 0 aromatic carbocycles. The molecule has 110 valence electrons. The second-order valence-corrected chi connectivity index (χ2v) is 7.03. The average Bonchev–Trinajstić information content (AvgIpc) is 2.39. The van der Waals surface area contributed by atoms with Gasteiger partial charge in [0.1, 0.15) is 11.6 Å². The Labute approximate surface area is 119 Å². The van der Waals surface area contributed by atoms with E-state index in [2.05, 4.69) is 0 Å². The van der Waals surface area contributed by atoms with E-state index in [9.17, 15) is 15.1 Å². The lowest BCUT2D eigenvalue weighted by atomic mass is 9.66. The summed E-state index contributed by atoms with van der Waals surface area (Å²) in [7, 11) is 0. The molecule has 5 heteroatoms. The summed E-state index contributed by atoms with van der Waals surface area (Å²) in [5.74, 6) is 0.169. The number of carbonyl (C=O) groups is 1. The molecule has 4 heterocycles. The number of carbonyl (C=O) groups excluding carboxylic acids is 1. The largest absolute Gasteiger partial charge is 0.633 e. The van der Waals surface area contributed by atoms with Crippen molar-refractivity contribution < 1.29 is 14.5 Å². The minimum Gasteiger partial charge on any atom is -0.633 e. The Morgan fingerprint density at radius 2 is 2.20 bits per heavy atom. The monoisotopic (exact) mass is 278 g/mol. The molecule has 5 nitrogen and oxygen atoms in total. The highest BCUT2D eigenvalue weighted by atomic mass is 16.6. The topological polar surface area (TPSA) is 63.6 Å². The highest BCUT2D eigenvalue weighted by Gasteiger charge is 2.61. The van der Waals surface area contributed by atoms with Crippen LogP contribution in [-0.2, 0) is 4.79 Å². The van der Waals surface area contributed by atoms with Gasteiger partial charge in [0.2, 0.25) is 5.91 Å². The van der Waals surface area contributed by atoms with Gasteiger partial charge in [-0.05, 0) is 38.2 Å². The molecule has 0 saturated carbocycles. The van der Waals surface area contributed by atoms with Gasteiger partial charge in [0.15, 0.2) is 0 Å². The summed E-state index contributed by atoms with van der Waals surface area (Å²) < 4.78 is -0.219. The van der Waals surface area contributed by atoms with Crippen LogP contribution in [0, 0.1) is 11.1 Å². The van der Waals surface area contributed by atoms with Gasteiger partial charge in [0.05, 0.1) is 19.6 Å². The van der Waals surface area contributed by atoms with Crippen LogP contribution in [0.25, 0.3) is 0 Å². The van der Waals surface area contributed by atoms with Crippen LogP contribution in [0.15, 0.2) is 12.2 Å². The highest BCUT2D eigenvalue weighted by Crippen LogP contribution is 2.49. The third-order valence-corrected chi connectivity index (χ3v) is 5.94. The molecule has 0 radical (unpaired) electrons. The molecule has 0 aromatic rings. The zero-order chi connectivity index (χ0) is 14.0. The Balaban J connectivity index is 1.78. The first-order chi connectivity index (χ1) is 9.54. The van der Waals surface area contributed by atoms with Gasteiger partial charge in [-0.1, -0.05) is 6.08 Å². The Morgan fingerprint density at radius 3 is 3.05 bits per heavy atom. The van der Waals surface area contributed by atoms with Gasteiger partial charge in [-0.2, -0.15) is 0 Å². The minimum atomic E-state index is -0.970. The van der Waals surface area contributed by atoms with Crippen molar-refractivity contribution >= 4 is 5.91 Å². The molecule has 1 N–H and O–H groups in total. The van der Waals surface area contributed by atoms with Crippen molar-refractivity contribution in [2.75, 3.05) is 19.6 Å². The average molecular weight is 278 g/mol. The van der Waals surface area contributed by atoms with Crippen molar-refractivity contribution in [3.63, 3.8) is 0 Å². The van der Waals surface area contributed by atoms with Gasteiger partial charge in [-0.25, -0.2) is 0 Å². The molecule has 0 aromatic heterocycles. The molecule has 4 rings (SSSR count). The van der Waals surface area contributed by atoms with Gasteiger partial charge in [0.25, 0.3) is 0 Å². The summed E-state index contributed by atoms with van der Waals surface area (Å²) in [6, 6.07) is -0.0897. The molecule has 5 atom stereocenters. The summed E-state index contributed by atoms with van der Waals surface area (Å²) in [6.45, 7) is 1.63. The van der Waals surface area contributed by atoms with Crippen LogP contribution in [0.3, 0.4) is 0 Å². The van der Waals surface area contributed by atoms with E-state index in [1.807, 2.05) is 11.0 Å². The Kier molecular flexibility index (Phi) is 2.60. The third-order valence-electron chi connectivity index (χ3n) is 5.94. The maximum absolute atomic E-state index is 13.1. The zero-order valence-corrected chi connectivity index (χ0v) is 11.7. The van der Waals surface area contributed by atoms with Crippen LogP contribution in [0.1, 0.15) is 32.1 Å². The van der Waals surface area contributed by atoms with Crippen molar-refractivity contribution in [3.8, 4) is 0 Å². The molecule has 0 aliphatic carbocycles. The third kappa shape index (κ3) is 1.57. The number of amides is 1. The van der Waals surface area contributed by atoms with E-state index in [-0.39, 0.29) is 28.6 Å². The standard InChI is InChI=1S/C15H22N2O3/c18-13-6-1-5-12-11-4-2-8-17(20)9-3-7-15(19,14(11)17)10-16(12)13/h1,6,11-12,14,19H,2-5,7-10H2/t11-,12-,14-,15-,17+/m1/s1. The van der Waals surface area contributed by atoms with Crippen molar-refractivity contribution in [3.05, 3.63) is 17.4 Å². The van der Waals surface area contributed by atoms with Crippen LogP contribution in [0.5, 0.6) is 0 Å². The minimum absolute atomic E-state index is 0.00766. The molecule has 0 bridgehead atoms. The zero-order valence-electron chi connectivity index (χ0n) is 11.7. The van der Waals surface area contributed by atoms with E-state index in [4.69, 9.17) is 0 Å². The summed E-state index contributed by atoms with van der Waals surface area (Å²) in [5, 5.41) is 24.2. The normalized spacial score (nSPS) is 50.6. The molecule has 0 spiro atoms. The van der Waals surface area contributed by atoms with Crippen molar-refractivity contribution in [2.24, 2.45) is 5.92 Å². The van der Waals surface area contributed by atoms with Crippen LogP contribution >= 0.6 is 0 Å². The van der Waals surface area contributed by atoms with E-state index in [1.54, 1.807) is 6.08 Å². The molecule has 3 fully saturated rings. The molecule has 1 amide bonds. The first-order valence-corrected chi connectivity index (χ1v) is 7.81. The lowest BCUT2D eigenvalue weighted by Crippen LogP contribution is -2.78. The van der Waals surface area contributed by atoms with Gasteiger partial charge in [-0.3, -0.25) is 4.79 Å². The summed E-state index contributed by atoms with van der Waals surface area (Å²) >= 11 is 0. The summed E-state index contributed by atoms with van der Waals surface area (Å²) in [5.41, 5.74) is -0.970.